The van der Waals surface area contributed by atoms with Crippen molar-refractivity contribution in [3.8, 4) is 0 Å². The van der Waals surface area contributed by atoms with Crippen LogP contribution in [0.5, 0.6) is 0 Å². The molecule has 0 fully saturated rings. The monoisotopic (exact) mass is 289 g/mol. The number of aromatic nitrogens is 2. The van der Waals surface area contributed by atoms with E-state index >= 15 is 0 Å². The minimum atomic E-state index is -0.219. The summed E-state index contributed by atoms with van der Waals surface area (Å²) in [6.07, 6.45) is 0.704. The maximum absolute atomic E-state index is 13.8. The highest BCUT2D eigenvalue weighted by Crippen LogP contribution is 2.24. The largest absolute Gasteiger partial charge is 0.355 e. The zero-order valence-corrected chi connectivity index (χ0v) is 12.5. The molecule has 3 N–H and O–H groups in total. The molecule has 21 heavy (non-hydrogen) atoms. The summed E-state index contributed by atoms with van der Waals surface area (Å²) >= 11 is 0. The number of aryl methyl sites for hydroxylation is 1. The van der Waals surface area contributed by atoms with Crippen molar-refractivity contribution in [1.29, 1.82) is 0 Å². The van der Waals surface area contributed by atoms with Crippen LogP contribution in [0.3, 0.4) is 0 Å². The van der Waals surface area contributed by atoms with E-state index in [9.17, 15) is 4.39 Å². The lowest BCUT2D eigenvalue weighted by Gasteiger charge is -2.22. The number of halogens is 1. The first-order valence-corrected chi connectivity index (χ1v) is 6.85. The topological polar surface area (TPSA) is 67.1 Å². The Morgan fingerprint density at radius 2 is 2.00 bits per heavy atom. The average molecular weight is 289 g/mol. The van der Waals surface area contributed by atoms with Crippen LogP contribution < -0.4 is 16.2 Å². The Hall–Kier alpha value is -2.21. The van der Waals surface area contributed by atoms with Gasteiger partial charge in [0, 0.05) is 31.1 Å². The van der Waals surface area contributed by atoms with Gasteiger partial charge in [0.1, 0.15) is 23.3 Å². The van der Waals surface area contributed by atoms with Crippen LogP contribution >= 0.6 is 0 Å². The van der Waals surface area contributed by atoms with Gasteiger partial charge >= 0.3 is 0 Å². The number of nitrogens with zero attached hydrogens (tertiary/aromatic N) is 3. The second-order valence-corrected chi connectivity index (χ2v) is 4.88. The Morgan fingerprint density at radius 1 is 1.29 bits per heavy atom. The first kappa shape index (κ1) is 15.2. The fraction of sp³-hybridized carbons (Fsp3) is 0.333. The van der Waals surface area contributed by atoms with Gasteiger partial charge in [0.05, 0.1) is 0 Å². The third-order valence-corrected chi connectivity index (χ3v) is 3.35. The normalized spacial score (nSPS) is 10.5. The molecule has 1 heterocycles. The minimum absolute atomic E-state index is 0.219. The van der Waals surface area contributed by atoms with Gasteiger partial charge in [-0.2, -0.15) is 0 Å². The van der Waals surface area contributed by atoms with E-state index in [1.165, 1.54) is 6.07 Å². The van der Waals surface area contributed by atoms with Crippen molar-refractivity contribution in [3.05, 3.63) is 47.0 Å². The van der Waals surface area contributed by atoms with Gasteiger partial charge < -0.3 is 10.3 Å². The van der Waals surface area contributed by atoms with Crippen molar-refractivity contribution in [2.75, 3.05) is 17.4 Å². The summed E-state index contributed by atoms with van der Waals surface area (Å²) in [7, 11) is 1.88. The number of hydrogen-bond donors (Lipinski definition) is 2. The van der Waals surface area contributed by atoms with E-state index in [0.29, 0.717) is 30.2 Å². The zero-order chi connectivity index (χ0) is 15.4. The Bertz CT molecular complexity index is 629. The Kier molecular flexibility index (Phi) is 4.70. The number of hydrogen-bond acceptors (Lipinski definition) is 5. The van der Waals surface area contributed by atoms with E-state index in [0.717, 1.165) is 11.4 Å². The van der Waals surface area contributed by atoms with Gasteiger partial charge in [-0.05, 0) is 13.0 Å². The molecule has 1 aromatic carbocycles. The second kappa shape index (κ2) is 6.49. The molecule has 0 saturated carbocycles. The Labute approximate surface area is 124 Å². The highest BCUT2D eigenvalue weighted by molar-refractivity contribution is 5.58. The second-order valence-electron chi connectivity index (χ2n) is 4.88. The quantitative estimate of drug-likeness (QED) is 0.653. The SMILES string of the molecule is CCc1nc(NN)c(C)c(N(C)Cc2ccccc2F)n1. The van der Waals surface area contributed by atoms with Crippen LogP contribution in [0.25, 0.3) is 0 Å². The third-order valence-electron chi connectivity index (χ3n) is 3.35. The highest BCUT2D eigenvalue weighted by Gasteiger charge is 2.14. The molecule has 0 aliphatic rings. The summed E-state index contributed by atoms with van der Waals surface area (Å²) in [6.45, 7) is 4.30. The number of rotatable bonds is 5. The number of hydrazine groups is 1. The number of nitrogens with two attached hydrogens (primary N) is 1. The molecule has 2 aromatic rings. The van der Waals surface area contributed by atoms with Crippen LogP contribution in [0, 0.1) is 12.7 Å². The summed E-state index contributed by atoms with van der Waals surface area (Å²) in [6, 6.07) is 6.73. The van der Waals surface area contributed by atoms with Gasteiger partial charge in [0.15, 0.2) is 0 Å². The molecule has 0 radical (unpaired) electrons. The predicted molar refractivity (Wildman–Crippen MR) is 82.5 cm³/mol. The Balaban J connectivity index is 2.34. The summed E-state index contributed by atoms with van der Waals surface area (Å²) < 4.78 is 13.8. The van der Waals surface area contributed by atoms with Crippen molar-refractivity contribution in [2.24, 2.45) is 5.84 Å². The van der Waals surface area contributed by atoms with E-state index < -0.39 is 0 Å². The molecule has 0 spiro atoms. The molecule has 112 valence electrons. The number of anilines is 2. The van der Waals surface area contributed by atoms with Gasteiger partial charge in [-0.25, -0.2) is 20.2 Å². The molecule has 2 rings (SSSR count). The highest BCUT2D eigenvalue weighted by atomic mass is 19.1. The first-order valence-electron chi connectivity index (χ1n) is 6.85. The van der Waals surface area contributed by atoms with Crippen LogP contribution in [-0.2, 0) is 13.0 Å². The summed E-state index contributed by atoms with van der Waals surface area (Å²) in [5, 5.41) is 0. The smallest absolute Gasteiger partial charge is 0.148 e. The van der Waals surface area contributed by atoms with Crippen LogP contribution in [0.15, 0.2) is 24.3 Å². The van der Waals surface area contributed by atoms with Gasteiger partial charge in [-0.1, -0.05) is 25.1 Å². The molecule has 0 bridgehead atoms. The molecular weight excluding hydrogens is 269 g/mol. The summed E-state index contributed by atoms with van der Waals surface area (Å²) in [5.41, 5.74) is 4.05. The summed E-state index contributed by atoms with van der Waals surface area (Å²) in [4.78, 5) is 10.7. The van der Waals surface area contributed by atoms with Gasteiger partial charge in [-0.15, -0.1) is 0 Å². The lowest BCUT2D eigenvalue weighted by atomic mass is 10.2. The lowest BCUT2D eigenvalue weighted by molar-refractivity contribution is 0.607. The van der Waals surface area contributed by atoms with Gasteiger partial charge in [0.2, 0.25) is 0 Å². The van der Waals surface area contributed by atoms with Crippen molar-refractivity contribution < 1.29 is 4.39 Å². The lowest BCUT2D eigenvalue weighted by Crippen LogP contribution is -2.22. The number of nitrogens with one attached hydrogen (secondary N) is 1. The molecule has 0 aliphatic carbocycles. The maximum Gasteiger partial charge on any atom is 0.148 e. The average Bonchev–Trinajstić information content (AvgIpc) is 2.49. The minimum Gasteiger partial charge on any atom is -0.355 e. The Morgan fingerprint density at radius 3 is 2.62 bits per heavy atom. The zero-order valence-electron chi connectivity index (χ0n) is 12.5. The third kappa shape index (κ3) is 3.28. The standard InChI is InChI=1S/C15H20FN5/c1-4-13-18-14(20-17)10(2)15(19-13)21(3)9-11-7-5-6-8-12(11)16/h5-8H,4,9,17H2,1-3H3,(H,18,19,20). The predicted octanol–water partition coefficient (Wildman–Crippen LogP) is 2.41. The molecule has 0 saturated heterocycles. The molecular formula is C15H20FN5. The van der Waals surface area contributed by atoms with E-state index in [1.807, 2.05) is 31.9 Å². The van der Waals surface area contributed by atoms with E-state index in [1.54, 1.807) is 12.1 Å². The van der Waals surface area contributed by atoms with Gasteiger partial charge in [-0.3, -0.25) is 0 Å². The van der Waals surface area contributed by atoms with E-state index in [4.69, 9.17) is 5.84 Å². The summed E-state index contributed by atoms with van der Waals surface area (Å²) in [5.74, 6) is 7.32. The van der Waals surface area contributed by atoms with Crippen molar-refractivity contribution in [2.45, 2.75) is 26.8 Å². The molecule has 0 amide bonds. The molecule has 0 unspecified atom stereocenters. The molecule has 1 aromatic heterocycles. The van der Waals surface area contributed by atoms with Crippen molar-refractivity contribution >= 4 is 11.6 Å². The van der Waals surface area contributed by atoms with Gasteiger partial charge in [0.25, 0.3) is 0 Å². The number of benzene rings is 1. The van der Waals surface area contributed by atoms with E-state index in [-0.39, 0.29) is 5.82 Å². The van der Waals surface area contributed by atoms with Crippen molar-refractivity contribution in [3.63, 3.8) is 0 Å². The molecule has 5 nitrogen and oxygen atoms in total. The van der Waals surface area contributed by atoms with Crippen LogP contribution in [0.2, 0.25) is 0 Å². The fourth-order valence-corrected chi connectivity index (χ4v) is 2.18. The molecule has 0 atom stereocenters. The molecule has 6 heteroatoms. The first-order chi connectivity index (χ1) is 10.1. The maximum atomic E-state index is 13.8. The number of nitrogen functional groups attached to an aromatic ring is 1. The van der Waals surface area contributed by atoms with Crippen molar-refractivity contribution in [1.82, 2.24) is 9.97 Å². The van der Waals surface area contributed by atoms with Crippen LogP contribution in [0.4, 0.5) is 16.0 Å². The van der Waals surface area contributed by atoms with Crippen LogP contribution in [0.1, 0.15) is 23.9 Å². The molecule has 0 aliphatic heterocycles. The fourth-order valence-electron chi connectivity index (χ4n) is 2.18. The van der Waals surface area contributed by atoms with E-state index in [2.05, 4.69) is 15.4 Å². The van der Waals surface area contributed by atoms with Crippen LogP contribution in [-0.4, -0.2) is 17.0 Å².